The van der Waals surface area contributed by atoms with Crippen LogP contribution in [0.4, 0.5) is 0 Å². The van der Waals surface area contributed by atoms with E-state index in [1.807, 2.05) is 24.3 Å². The lowest BCUT2D eigenvalue weighted by Gasteiger charge is -1.94. The van der Waals surface area contributed by atoms with Gasteiger partial charge in [0.15, 0.2) is 0 Å². The Kier molecular flexibility index (Phi) is 2.75. The number of nitrogens with zero attached hydrogens (tertiary/aromatic N) is 1. The molecule has 2 rings (SSSR count). The molecule has 0 aliphatic rings. The minimum Gasteiger partial charge on any atom is -0.335 e. The van der Waals surface area contributed by atoms with Crippen molar-refractivity contribution in [2.75, 3.05) is 0 Å². The van der Waals surface area contributed by atoms with Crippen LogP contribution in [0.2, 0.25) is 0 Å². The number of hydrogen-bond donors (Lipinski definition) is 1. The van der Waals surface area contributed by atoms with Crippen molar-refractivity contribution in [3.63, 3.8) is 0 Å². The molecule has 0 spiro atoms. The number of nitrogens with two attached hydrogens (primary N) is 1. The standard InChI is InChI=1S/C10H9BrN2O2/c11-8-3-1-7(2-4-8)9-5-13(6-12)15-10(9)14/h1-5H,6,12H2. The van der Waals surface area contributed by atoms with Gasteiger partial charge in [0.25, 0.3) is 0 Å². The molecule has 0 aliphatic heterocycles. The lowest BCUT2D eigenvalue weighted by Crippen LogP contribution is -2.05. The van der Waals surface area contributed by atoms with Crippen molar-refractivity contribution in [2.45, 2.75) is 6.67 Å². The zero-order valence-electron chi connectivity index (χ0n) is 7.81. The first-order valence-corrected chi connectivity index (χ1v) is 5.17. The first-order chi connectivity index (χ1) is 7.20. The van der Waals surface area contributed by atoms with Gasteiger partial charge in [-0.15, -0.1) is 0 Å². The fraction of sp³-hybridized carbons (Fsp3) is 0.100. The van der Waals surface area contributed by atoms with Gasteiger partial charge in [0.2, 0.25) is 0 Å². The number of halogens is 1. The van der Waals surface area contributed by atoms with E-state index in [1.165, 1.54) is 4.74 Å². The topological polar surface area (TPSA) is 61.2 Å². The van der Waals surface area contributed by atoms with E-state index < -0.39 is 0 Å². The fourth-order valence-corrected chi connectivity index (χ4v) is 1.55. The summed E-state index contributed by atoms with van der Waals surface area (Å²) in [6, 6.07) is 7.43. The minimum absolute atomic E-state index is 0.159. The number of hydrogen-bond acceptors (Lipinski definition) is 3. The van der Waals surface area contributed by atoms with Gasteiger partial charge in [-0.3, -0.25) is 0 Å². The smallest absolute Gasteiger partial charge is 0.335 e. The second-order valence-corrected chi connectivity index (χ2v) is 3.94. The molecule has 0 unspecified atom stereocenters. The first-order valence-electron chi connectivity index (χ1n) is 4.37. The van der Waals surface area contributed by atoms with Crippen molar-refractivity contribution in [3.05, 3.63) is 45.4 Å². The van der Waals surface area contributed by atoms with E-state index in [0.29, 0.717) is 5.56 Å². The van der Waals surface area contributed by atoms with Gasteiger partial charge >= 0.3 is 5.63 Å². The quantitative estimate of drug-likeness (QED) is 0.904. The average Bonchev–Trinajstić information content (AvgIpc) is 2.61. The predicted molar refractivity (Wildman–Crippen MR) is 60.3 cm³/mol. The van der Waals surface area contributed by atoms with Crippen molar-refractivity contribution in [1.29, 1.82) is 0 Å². The molecule has 0 radical (unpaired) electrons. The highest BCUT2D eigenvalue weighted by molar-refractivity contribution is 9.10. The van der Waals surface area contributed by atoms with Crippen LogP contribution in [0.25, 0.3) is 11.1 Å². The van der Waals surface area contributed by atoms with Crippen LogP contribution in [-0.4, -0.2) is 4.74 Å². The number of aromatic nitrogens is 1. The highest BCUT2D eigenvalue weighted by Crippen LogP contribution is 2.18. The summed E-state index contributed by atoms with van der Waals surface area (Å²) in [4.78, 5) is 11.4. The molecule has 5 heteroatoms. The van der Waals surface area contributed by atoms with Crippen LogP contribution in [0, 0.1) is 0 Å². The number of benzene rings is 1. The van der Waals surface area contributed by atoms with E-state index >= 15 is 0 Å². The Morgan fingerprint density at radius 2 is 2.00 bits per heavy atom. The Hall–Kier alpha value is -1.33. The predicted octanol–water partition coefficient (Wildman–Crippen LogP) is 1.79. The highest BCUT2D eigenvalue weighted by Gasteiger charge is 2.07. The van der Waals surface area contributed by atoms with Crippen molar-refractivity contribution in [2.24, 2.45) is 5.73 Å². The van der Waals surface area contributed by atoms with E-state index in [2.05, 4.69) is 15.9 Å². The third-order valence-electron chi connectivity index (χ3n) is 2.03. The van der Waals surface area contributed by atoms with Crippen LogP contribution in [0.1, 0.15) is 0 Å². The Morgan fingerprint density at radius 3 is 2.53 bits per heavy atom. The summed E-state index contributed by atoms with van der Waals surface area (Å²) >= 11 is 3.33. The molecule has 0 bridgehead atoms. The minimum atomic E-state index is -0.372. The molecule has 0 fully saturated rings. The largest absolute Gasteiger partial charge is 0.365 e. The summed E-state index contributed by atoms with van der Waals surface area (Å²) in [6.45, 7) is 0.159. The molecule has 0 saturated carbocycles. The van der Waals surface area contributed by atoms with Crippen LogP contribution in [0.5, 0.6) is 0 Å². The van der Waals surface area contributed by atoms with Gasteiger partial charge in [0.05, 0.1) is 11.8 Å². The van der Waals surface area contributed by atoms with Crippen molar-refractivity contribution >= 4 is 15.9 Å². The SMILES string of the molecule is NCn1cc(-c2ccc(Br)cc2)c(=O)o1. The molecule has 0 atom stereocenters. The molecule has 1 aromatic heterocycles. The molecule has 0 amide bonds. The second-order valence-electron chi connectivity index (χ2n) is 3.03. The normalized spacial score (nSPS) is 10.5. The van der Waals surface area contributed by atoms with E-state index in [1.54, 1.807) is 6.20 Å². The maximum absolute atomic E-state index is 11.4. The van der Waals surface area contributed by atoms with Crippen molar-refractivity contribution < 1.29 is 4.52 Å². The third kappa shape index (κ3) is 2.03. The van der Waals surface area contributed by atoms with E-state index in [0.717, 1.165) is 10.0 Å². The summed E-state index contributed by atoms with van der Waals surface area (Å²) in [5.74, 6) is 0. The van der Waals surface area contributed by atoms with E-state index in [9.17, 15) is 4.79 Å². The monoisotopic (exact) mass is 268 g/mol. The molecule has 2 N–H and O–H groups in total. The molecule has 4 nitrogen and oxygen atoms in total. The van der Waals surface area contributed by atoms with Crippen LogP contribution in [0.3, 0.4) is 0 Å². The molecular weight excluding hydrogens is 260 g/mol. The lowest BCUT2D eigenvalue weighted by molar-refractivity contribution is 0.255. The van der Waals surface area contributed by atoms with Crippen LogP contribution in [0.15, 0.2) is 44.3 Å². The first kappa shape index (κ1) is 10.2. The summed E-state index contributed by atoms with van der Waals surface area (Å²) in [6.07, 6.45) is 1.60. The maximum atomic E-state index is 11.4. The molecule has 2 aromatic rings. The Bertz CT molecular complexity index is 513. The molecule has 1 heterocycles. The van der Waals surface area contributed by atoms with Crippen LogP contribution in [-0.2, 0) is 6.67 Å². The zero-order chi connectivity index (χ0) is 10.8. The van der Waals surface area contributed by atoms with Crippen LogP contribution >= 0.6 is 15.9 Å². The third-order valence-corrected chi connectivity index (χ3v) is 2.56. The average molecular weight is 269 g/mol. The van der Waals surface area contributed by atoms with Crippen molar-refractivity contribution in [3.8, 4) is 11.1 Å². The number of rotatable bonds is 2. The van der Waals surface area contributed by atoms with Gasteiger partial charge in [0, 0.05) is 4.47 Å². The summed E-state index contributed by atoms with van der Waals surface area (Å²) in [7, 11) is 0. The highest BCUT2D eigenvalue weighted by atomic mass is 79.9. The lowest BCUT2D eigenvalue weighted by atomic mass is 10.1. The van der Waals surface area contributed by atoms with E-state index in [-0.39, 0.29) is 12.3 Å². The summed E-state index contributed by atoms with van der Waals surface area (Å²) in [5.41, 5.74) is 6.32. The van der Waals surface area contributed by atoms with E-state index in [4.69, 9.17) is 10.3 Å². The van der Waals surface area contributed by atoms with Gasteiger partial charge in [0.1, 0.15) is 6.67 Å². The molecule has 15 heavy (non-hydrogen) atoms. The van der Waals surface area contributed by atoms with Gasteiger partial charge < -0.3 is 10.3 Å². The molecule has 1 aromatic carbocycles. The van der Waals surface area contributed by atoms with Crippen molar-refractivity contribution in [1.82, 2.24) is 4.74 Å². The second kappa shape index (κ2) is 4.04. The zero-order valence-corrected chi connectivity index (χ0v) is 9.40. The van der Waals surface area contributed by atoms with Crippen LogP contribution < -0.4 is 11.4 Å². The summed E-state index contributed by atoms with van der Waals surface area (Å²) in [5, 5.41) is 0. The summed E-state index contributed by atoms with van der Waals surface area (Å²) < 4.78 is 7.14. The maximum Gasteiger partial charge on any atom is 0.365 e. The fourth-order valence-electron chi connectivity index (χ4n) is 1.29. The molecule has 78 valence electrons. The van der Waals surface area contributed by atoms with Gasteiger partial charge in [-0.2, -0.15) is 4.74 Å². The van der Waals surface area contributed by atoms with Gasteiger partial charge in [-0.1, -0.05) is 28.1 Å². The molecule has 0 saturated heterocycles. The van der Waals surface area contributed by atoms with Gasteiger partial charge in [-0.25, -0.2) is 4.79 Å². The molecule has 0 aliphatic carbocycles. The Labute approximate surface area is 94.4 Å². The van der Waals surface area contributed by atoms with Gasteiger partial charge in [-0.05, 0) is 17.7 Å². The molecular formula is C10H9BrN2O2. The Balaban J connectivity index is 2.49. The Morgan fingerprint density at radius 1 is 1.33 bits per heavy atom.